The first-order valence-electron chi connectivity index (χ1n) is 12.4. The minimum absolute atomic E-state index is 0.00994. The molecule has 0 radical (unpaired) electrons. The Morgan fingerprint density at radius 2 is 1.82 bits per heavy atom. The first-order chi connectivity index (χ1) is 18.9. The number of benzene rings is 2. The molecule has 1 aliphatic rings. The highest BCUT2D eigenvalue weighted by molar-refractivity contribution is 7.90. The summed E-state index contributed by atoms with van der Waals surface area (Å²) in [4.78, 5) is 27.7. The van der Waals surface area contributed by atoms with Crippen LogP contribution in [0.3, 0.4) is 0 Å². The third-order valence-electron chi connectivity index (χ3n) is 6.07. The number of amides is 1. The number of anilines is 2. The fraction of sp³-hybridized carbons (Fsp3) is 0.214. The molecule has 5 rings (SSSR count). The Balaban J connectivity index is 1.41. The van der Waals surface area contributed by atoms with Crippen molar-refractivity contribution in [2.75, 3.05) is 30.0 Å². The van der Waals surface area contributed by atoms with E-state index in [2.05, 4.69) is 20.2 Å². The highest BCUT2D eigenvalue weighted by Gasteiger charge is 2.24. The Morgan fingerprint density at radius 1 is 1.05 bits per heavy atom. The molecule has 1 aliphatic heterocycles. The molecule has 0 bridgehead atoms. The molecule has 2 aromatic carbocycles. The summed E-state index contributed by atoms with van der Waals surface area (Å²) in [7, 11) is -3.73. The van der Waals surface area contributed by atoms with E-state index in [0.29, 0.717) is 54.1 Å². The van der Waals surface area contributed by atoms with Crippen molar-refractivity contribution in [2.24, 2.45) is 0 Å². The monoisotopic (exact) mass is 545 g/mol. The second kappa shape index (κ2) is 11.6. The van der Waals surface area contributed by atoms with Gasteiger partial charge in [0.05, 0.1) is 30.7 Å². The third kappa shape index (κ3) is 6.57. The van der Waals surface area contributed by atoms with Gasteiger partial charge < -0.3 is 14.4 Å². The summed E-state index contributed by atoms with van der Waals surface area (Å²) in [6.45, 7) is 3.74. The zero-order chi connectivity index (χ0) is 27.2. The molecule has 0 spiro atoms. The molecule has 1 saturated heterocycles. The van der Waals surface area contributed by atoms with Gasteiger partial charge in [-0.25, -0.2) is 28.2 Å². The number of aromatic nitrogens is 3. The molecule has 4 aromatic rings. The number of carbonyl (C=O) groups is 1. The first kappa shape index (κ1) is 26.3. The molecule has 1 N–H and O–H groups in total. The quantitative estimate of drug-likeness (QED) is 0.361. The third-order valence-corrected chi connectivity index (χ3v) is 7.62. The van der Waals surface area contributed by atoms with Crippen LogP contribution < -0.4 is 15.0 Å². The lowest BCUT2D eigenvalue weighted by atomic mass is 10.2. The number of nitrogens with one attached hydrogen (secondary N) is 1. The van der Waals surface area contributed by atoms with Gasteiger partial charge in [-0.1, -0.05) is 24.3 Å². The van der Waals surface area contributed by atoms with E-state index >= 15 is 0 Å². The molecule has 11 heteroatoms. The van der Waals surface area contributed by atoms with Gasteiger partial charge in [0.1, 0.15) is 11.6 Å². The van der Waals surface area contributed by atoms with Crippen molar-refractivity contribution in [3.05, 3.63) is 90.8 Å². The molecule has 2 aromatic heterocycles. The molecule has 200 valence electrons. The van der Waals surface area contributed by atoms with Crippen LogP contribution in [-0.2, 0) is 20.3 Å². The minimum atomic E-state index is -3.73. The Bertz CT molecular complexity index is 1530. The standard InChI is InChI=1S/C28H27N5O5S/c1-20-18-37-16-15-33(20)25-17-23(19-39(35,36)26-9-5-6-14-29-26)30-27(32-25)21-10-12-22(13-11-21)31-28(34)38-24-7-3-2-4-8-24/h2-14,17,20H,15-16,18-19H2,1H3,(H,31,34)/t20-/m0/s1. The summed E-state index contributed by atoms with van der Waals surface area (Å²) in [5, 5.41) is 2.68. The van der Waals surface area contributed by atoms with Crippen molar-refractivity contribution in [1.82, 2.24) is 15.0 Å². The maximum Gasteiger partial charge on any atom is 0.417 e. The molecular weight excluding hydrogens is 518 g/mol. The lowest BCUT2D eigenvalue weighted by Gasteiger charge is -2.34. The number of rotatable bonds is 7. The Kier molecular flexibility index (Phi) is 7.80. The van der Waals surface area contributed by atoms with E-state index in [1.807, 2.05) is 13.0 Å². The maximum atomic E-state index is 13.1. The van der Waals surface area contributed by atoms with Gasteiger partial charge in [-0.15, -0.1) is 0 Å². The highest BCUT2D eigenvalue weighted by Crippen LogP contribution is 2.26. The lowest BCUT2D eigenvalue weighted by molar-refractivity contribution is 0.0985. The molecule has 1 atom stereocenters. The van der Waals surface area contributed by atoms with Crippen molar-refractivity contribution in [3.8, 4) is 17.1 Å². The van der Waals surface area contributed by atoms with E-state index in [4.69, 9.17) is 14.5 Å². The normalized spacial score (nSPS) is 15.5. The van der Waals surface area contributed by atoms with E-state index in [1.165, 1.54) is 12.3 Å². The van der Waals surface area contributed by atoms with Crippen LogP contribution in [0.4, 0.5) is 16.3 Å². The number of sulfone groups is 1. The molecule has 3 heterocycles. The Hall–Kier alpha value is -4.35. The summed E-state index contributed by atoms with van der Waals surface area (Å²) < 4.78 is 37.0. The van der Waals surface area contributed by atoms with Crippen LogP contribution in [0.1, 0.15) is 12.6 Å². The zero-order valence-electron chi connectivity index (χ0n) is 21.2. The van der Waals surface area contributed by atoms with Gasteiger partial charge in [-0.2, -0.15) is 0 Å². The van der Waals surface area contributed by atoms with Crippen LogP contribution in [0.25, 0.3) is 11.4 Å². The number of para-hydroxylation sites is 1. The predicted molar refractivity (Wildman–Crippen MR) is 146 cm³/mol. The second-order valence-electron chi connectivity index (χ2n) is 8.99. The Morgan fingerprint density at radius 3 is 2.54 bits per heavy atom. The molecule has 39 heavy (non-hydrogen) atoms. The van der Waals surface area contributed by atoms with Crippen molar-refractivity contribution < 1.29 is 22.7 Å². The molecule has 0 saturated carbocycles. The average molecular weight is 546 g/mol. The van der Waals surface area contributed by atoms with Gasteiger partial charge in [-0.05, 0) is 55.5 Å². The van der Waals surface area contributed by atoms with Gasteiger partial charge >= 0.3 is 6.09 Å². The van der Waals surface area contributed by atoms with E-state index in [1.54, 1.807) is 66.7 Å². The summed E-state index contributed by atoms with van der Waals surface area (Å²) in [5.41, 5.74) is 1.54. The molecule has 10 nitrogen and oxygen atoms in total. The van der Waals surface area contributed by atoms with Crippen LogP contribution in [0.2, 0.25) is 0 Å². The average Bonchev–Trinajstić information content (AvgIpc) is 2.94. The fourth-order valence-electron chi connectivity index (χ4n) is 4.14. The first-order valence-corrected chi connectivity index (χ1v) is 14.0. The molecule has 1 amide bonds. The number of carbonyl (C=O) groups excluding carboxylic acids is 1. The Labute approximate surface area is 226 Å². The largest absolute Gasteiger partial charge is 0.417 e. The van der Waals surface area contributed by atoms with Gasteiger partial charge in [0.25, 0.3) is 0 Å². The number of morpholine rings is 1. The predicted octanol–water partition coefficient (Wildman–Crippen LogP) is 4.35. The van der Waals surface area contributed by atoms with Crippen LogP contribution in [-0.4, -0.2) is 55.3 Å². The molecule has 1 fully saturated rings. The summed E-state index contributed by atoms with van der Waals surface area (Å²) in [6.07, 6.45) is 0.834. The van der Waals surface area contributed by atoms with Crippen molar-refractivity contribution in [3.63, 3.8) is 0 Å². The molecule has 0 aliphatic carbocycles. The zero-order valence-corrected chi connectivity index (χ0v) is 22.0. The fourth-order valence-corrected chi connectivity index (χ4v) is 5.33. The minimum Gasteiger partial charge on any atom is -0.410 e. The van der Waals surface area contributed by atoms with Crippen molar-refractivity contribution in [1.29, 1.82) is 0 Å². The number of hydrogen-bond acceptors (Lipinski definition) is 9. The summed E-state index contributed by atoms with van der Waals surface area (Å²) in [5.74, 6) is 1.10. The summed E-state index contributed by atoms with van der Waals surface area (Å²) in [6, 6.07) is 22.2. The topological polar surface area (TPSA) is 124 Å². The number of ether oxygens (including phenoxy) is 2. The second-order valence-corrected chi connectivity index (χ2v) is 10.9. The van der Waals surface area contributed by atoms with Crippen LogP contribution in [0.5, 0.6) is 5.75 Å². The van der Waals surface area contributed by atoms with Gasteiger partial charge in [-0.3, -0.25) is 5.32 Å². The van der Waals surface area contributed by atoms with E-state index < -0.39 is 15.9 Å². The van der Waals surface area contributed by atoms with Crippen LogP contribution >= 0.6 is 0 Å². The van der Waals surface area contributed by atoms with Crippen LogP contribution in [0.15, 0.2) is 90.1 Å². The number of hydrogen-bond donors (Lipinski definition) is 1. The molecular formula is C28H27N5O5S. The van der Waals surface area contributed by atoms with E-state index in [0.717, 1.165) is 0 Å². The highest BCUT2D eigenvalue weighted by atomic mass is 32.2. The number of nitrogens with zero attached hydrogens (tertiary/aromatic N) is 4. The van der Waals surface area contributed by atoms with Crippen molar-refractivity contribution in [2.45, 2.75) is 23.7 Å². The number of pyridine rings is 1. The van der Waals surface area contributed by atoms with E-state index in [-0.39, 0.29) is 16.8 Å². The SMILES string of the molecule is C[C@H]1COCCN1c1cc(CS(=O)(=O)c2ccccn2)nc(-c2ccc(NC(=O)Oc3ccccc3)cc2)n1. The van der Waals surface area contributed by atoms with Gasteiger partial charge in [0, 0.05) is 30.1 Å². The van der Waals surface area contributed by atoms with Crippen molar-refractivity contribution >= 4 is 27.4 Å². The van der Waals surface area contributed by atoms with Crippen LogP contribution in [0, 0.1) is 0 Å². The van der Waals surface area contributed by atoms with Gasteiger partial charge in [0.2, 0.25) is 9.84 Å². The van der Waals surface area contributed by atoms with E-state index in [9.17, 15) is 13.2 Å². The lowest BCUT2D eigenvalue weighted by Crippen LogP contribution is -2.44. The molecule has 0 unspecified atom stereocenters. The maximum absolute atomic E-state index is 13.1. The smallest absolute Gasteiger partial charge is 0.410 e. The summed E-state index contributed by atoms with van der Waals surface area (Å²) >= 11 is 0. The van der Waals surface area contributed by atoms with Gasteiger partial charge in [0.15, 0.2) is 10.9 Å².